The molecule has 3 rings (SSSR count). The van der Waals surface area contributed by atoms with Crippen LogP contribution in [-0.4, -0.2) is 32.1 Å². The van der Waals surface area contributed by atoms with E-state index >= 15 is 0 Å². The van der Waals surface area contributed by atoms with Gasteiger partial charge in [0, 0.05) is 29.0 Å². The van der Waals surface area contributed by atoms with Crippen molar-refractivity contribution in [2.75, 3.05) is 23.1 Å². The predicted octanol–water partition coefficient (Wildman–Crippen LogP) is 4.13. The number of carbonyl (C=O) groups excluding carboxylic acids is 1. The summed E-state index contributed by atoms with van der Waals surface area (Å²) in [6.07, 6.45) is 1.14. The number of thioether (sulfide) groups is 2. The van der Waals surface area contributed by atoms with Crippen molar-refractivity contribution in [2.24, 2.45) is 0 Å². The molecule has 132 valence electrons. The van der Waals surface area contributed by atoms with Crippen molar-refractivity contribution in [3.8, 4) is 0 Å². The summed E-state index contributed by atoms with van der Waals surface area (Å²) in [6.45, 7) is 1.79. The highest BCUT2D eigenvalue weighted by Gasteiger charge is 2.18. The highest BCUT2D eigenvalue weighted by atomic mass is 32.2. The van der Waals surface area contributed by atoms with Gasteiger partial charge in [0.15, 0.2) is 9.84 Å². The normalized spacial score (nSPS) is 15.3. The average Bonchev–Trinajstić information content (AvgIpc) is 3.09. The molecule has 1 aliphatic rings. The van der Waals surface area contributed by atoms with Crippen molar-refractivity contribution in [3.63, 3.8) is 0 Å². The lowest BCUT2D eigenvalue weighted by Crippen LogP contribution is -2.14. The zero-order valence-electron chi connectivity index (χ0n) is 14.0. The average molecular weight is 394 g/mol. The molecule has 7 heteroatoms. The van der Waals surface area contributed by atoms with Crippen LogP contribution in [0.25, 0.3) is 0 Å². The Kier molecular flexibility index (Phi) is 5.46. The van der Waals surface area contributed by atoms with E-state index in [-0.39, 0.29) is 10.8 Å². The minimum Gasteiger partial charge on any atom is -0.322 e. The second-order valence-corrected chi connectivity index (χ2v) is 10.6. The Hall–Kier alpha value is -1.44. The maximum Gasteiger partial charge on any atom is 0.255 e. The van der Waals surface area contributed by atoms with Crippen LogP contribution in [0.15, 0.2) is 47.4 Å². The third kappa shape index (κ3) is 4.40. The number of hydrogen-bond acceptors (Lipinski definition) is 5. The Balaban J connectivity index is 1.78. The summed E-state index contributed by atoms with van der Waals surface area (Å²) in [7, 11) is -3.35. The lowest BCUT2D eigenvalue weighted by Gasteiger charge is -2.11. The molecule has 0 spiro atoms. The zero-order valence-corrected chi connectivity index (χ0v) is 16.4. The molecule has 25 heavy (non-hydrogen) atoms. The van der Waals surface area contributed by atoms with Crippen molar-refractivity contribution in [2.45, 2.75) is 16.4 Å². The third-order valence-electron chi connectivity index (χ3n) is 3.94. The van der Waals surface area contributed by atoms with Gasteiger partial charge in [0.2, 0.25) is 0 Å². The van der Waals surface area contributed by atoms with E-state index in [9.17, 15) is 13.2 Å². The molecule has 4 nitrogen and oxygen atoms in total. The Morgan fingerprint density at radius 1 is 1.08 bits per heavy atom. The highest BCUT2D eigenvalue weighted by Crippen LogP contribution is 2.45. The molecule has 0 unspecified atom stereocenters. The van der Waals surface area contributed by atoms with Gasteiger partial charge in [0.05, 0.1) is 9.48 Å². The summed E-state index contributed by atoms with van der Waals surface area (Å²) < 4.78 is 23.9. The quantitative estimate of drug-likeness (QED) is 0.846. The van der Waals surface area contributed by atoms with Gasteiger partial charge in [0.25, 0.3) is 5.91 Å². The molecule has 0 aliphatic carbocycles. The molecule has 1 fully saturated rings. The van der Waals surface area contributed by atoms with Gasteiger partial charge < -0.3 is 5.32 Å². The van der Waals surface area contributed by atoms with E-state index in [1.807, 2.05) is 47.8 Å². The van der Waals surface area contributed by atoms with Crippen LogP contribution in [0.1, 0.15) is 26.1 Å². The van der Waals surface area contributed by atoms with E-state index in [0.717, 1.165) is 11.8 Å². The second kappa shape index (κ2) is 7.43. The van der Waals surface area contributed by atoms with E-state index in [2.05, 4.69) is 5.32 Å². The number of benzene rings is 2. The third-order valence-corrected chi connectivity index (χ3v) is 8.16. The van der Waals surface area contributed by atoms with E-state index in [1.165, 1.54) is 29.2 Å². The van der Waals surface area contributed by atoms with Gasteiger partial charge in [-0.1, -0.05) is 18.2 Å². The van der Waals surface area contributed by atoms with Gasteiger partial charge in [-0.3, -0.25) is 4.79 Å². The largest absolute Gasteiger partial charge is 0.322 e. The van der Waals surface area contributed by atoms with Crippen LogP contribution in [0.2, 0.25) is 0 Å². The zero-order chi connectivity index (χ0) is 18.0. The van der Waals surface area contributed by atoms with Crippen LogP contribution in [0, 0.1) is 6.92 Å². The number of sulfone groups is 1. The van der Waals surface area contributed by atoms with Gasteiger partial charge in [-0.25, -0.2) is 8.42 Å². The molecule has 0 radical (unpaired) electrons. The molecule has 2 aromatic carbocycles. The van der Waals surface area contributed by atoms with Gasteiger partial charge in [0.1, 0.15) is 0 Å². The van der Waals surface area contributed by atoms with Crippen LogP contribution in [0.5, 0.6) is 0 Å². The Morgan fingerprint density at radius 2 is 1.72 bits per heavy atom. The first-order chi connectivity index (χ1) is 11.8. The Labute approximate surface area is 156 Å². The summed E-state index contributed by atoms with van der Waals surface area (Å²) in [5, 5.41) is 2.85. The lowest BCUT2D eigenvalue weighted by molar-refractivity contribution is 0.102. The molecule has 0 saturated carbocycles. The van der Waals surface area contributed by atoms with Gasteiger partial charge in [-0.15, -0.1) is 23.5 Å². The first-order valence-corrected chi connectivity index (χ1v) is 11.8. The van der Waals surface area contributed by atoms with Gasteiger partial charge in [-0.05, 0) is 42.3 Å². The van der Waals surface area contributed by atoms with Crippen molar-refractivity contribution in [1.82, 2.24) is 0 Å². The molecule has 1 heterocycles. The fraction of sp³-hybridized carbons (Fsp3) is 0.278. The summed E-state index contributed by atoms with van der Waals surface area (Å²) in [5.41, 5.74) is 3.06. The SMILES string of the molecule is Cc1ccc(S(C)(=O)=O)cc1C(=O)Nc1ccc(C2SCCS2)cc1. The molecule has 1 amide bonds. The molecule has 1 N–H and O–H groups in total. The lowest BCUT2D eigenvalue weighted by atomic mass is 10.1. The first-order valence-electron chi connectivity index (χ1n) is 7.80. The van der Waals surface area contributed by atoms with Crippen molar-refractivity contribution >= 4 is 45.0 Å². The minimum absolute atomic E-state index is 0.147. The topological polar surface area (TPSA) is 63.2 Å². The summed E-state index contributed by atoms with van der Waals surface area (Å²) in [5.74, 6) is 2.04. The standard InChI is InChI=1S/C18H19NO3S3/c1-12-3-8-15(25(2,21)22)11-16(12)17(20)19-14-6-4-13(5-7-14)18-23-9-10-24-18/h3-8,11,18H,9-10H2,1-2H3,(H,19,20). The molecule has 2 aromatic rings. The number of anilines is 1. The maximum absolute atomic E-state index is 12.5. The molecule has 0 bridgehead atoms. The van der Waals surface area contributed by atoms with Crippen LogP contribution in [0.4, 0.5) is 5.69 Å². The summed E-state index contributed by atoms with van der Waals surface area (Å²) in [4.78, 5) is 12.7. The monoisotopic (exact) mass is 393 g/mol. The number of hydrogen-bond donors (Lipinski definition) is 1. The number of nitrogens with one attached hydrogen (secondary N) is 1. The number of amides is 1. The highest BCUT2D eigenvalue weighted by molar-refractivity contribution is 8.19. The van der Waals surface area contributed by atoms with E-state index in [1.54, 1.807) is 13.0 Å². The first kappa shape index (κ1) is 18.4. The second-order valence-electron chi connectivity index (χ2n) is 5.90. The molecule has 0 aromatic heterocycles. The van der Waals surface area contributed by atoms with Crippen LogP contribution in [-0.2, 0) is 9.84 Å². The molecular weight excluding hydrogens is 374 g/mol. The molecule has 1 saturated heterocycles. The fourth-order valence-corrected chi connectivity index (χ4v) is 6.06. The summed E-state index contributed by atoms with van der Waals surface area (Å²) in [6, 6.07) is 12.5. The van der Waals surface area contributed by atoms with Crippen LogP contribution >= 0.6 is 23.5 Å². The molecule has 0 atom stereocenters. The van der Waals surface area contributed by atoms with Crippen LogP contribution < -0.4 is 5.32 Å². The van der Waals surface area contributed by atoms with Gasteiger partial charge in [-0.2, -0.15) is 0 Å². The molecular formula is C18H19NO3S3. The minimum atomic E-state index is -3.35. The van der Waals surface area contributed by atoms with E-state index in [4.69, 9.17) is 0 Å². The van der Waals surface area contributed by atoms with Crippen molar-refractivity contribution < 1.29 is 13.2 Å². The van der Waals surface area contributed by atoms with E-state index in [0.29, 0.717) is 15.8 Å². The number of rotatable bonds is 4. The van der Waals surface area contributed by atoms with Gasteiger partial charge >= 0.3 is 0 Å². The number of aryl methyl sites for hydroxylation is 1. The van der Waals surface area contributed by atoms with E-state index < -0.39 is 9.84 Å². The molecule has 1 aliphatic heterocycles. The van der Waals surface area contributed by atoms with Crippen molar-refractivity contribution in [3.05, 3.63) is 59.2 Å². The smallest absolute Gasteiger partial charge is 0.255 e. The Bertz CT molecular complexity index is 886. The van der Waals surface area contributed by atoms with Crippen molar-refractivity contribution in [1.29, 1.82) is 0 Å². The Morgan fingerprint density at radius 3 is 2.32 bits per heavy atom. The summed E-state index contributed by atoms with van der Waals surface area (Å²) >= 11 is 3.87. The van der Waals surface area contributed by atoms with Crippen LogP contribution in [0.3, 0.4) is 0 Å². The predicted molar refractivity (Wildman–Crippen MR) is 106 cm³/mol. The number of carbonyl (C=O) groups is 1. The fourth-order valence-electron chi connectivity index (χ4n) is 2.55. The maximum atomic E-state index is 12.5.